The molecule has 2 heterocycles. The second-order valence-corrected chi connectivity index (χ2v) is 6.99. The van der Waals surface area contributed by atoms with Gasteiger partial charge < -0.3 is 14.8 Å². The molecule has 150 valence electrons. The lowest BCUT2D eigenvalue weighted by Crippen LogP contribution is -2.27. The Morgan fingerprint density at radius 2 is 1.90 bits per heavy atom. The maximum absolute atomic E-state index is 12.6. The van der Waals surface area contributed by atoms with Crippen molar-refractivity contribution in [2.24, 2.45) is 0 Å². The Morgan fingerprint density at radius 3 is 2.59 bits per heavy atom. The molecule has 4 rings (SSSR count). The molecule has 1 unspecified atom stereocenters. The molecule has 0 saturated heterocycles. The topological polar surface area (TPSA) is 78.3 Å². The summed E-state index contributed by atoms with van der Waals surface area (Å²) in [6, 6.07) is 16.0. The summed E-state index contributed by atoms with van der Waals surface area (Å²) in [5.74, 6) is 0.562. The molecule has 0 radical (unpaired) electrons. The van der Waals surface area contributed by atoms with Crippen LogP contribution in [0.1, 0.15) is 45.9 Å². The monoisotopic (exact) mass is 392 g/mol. The predicted molar refractivity (Wildman–Crippen MR) is 108 cm³/mol. The average molecular weight is 392 g/mol. The number of nitrogens with one attached hydrogen (secondary N) is 1. The van der Waals surface area contributed by atoms with E-state index < -0.39 is 0 Å². The Bertz CT molecular complexity index is 980. The number of carbonyl (C=O) groups excluding carboxylic acids is 1. The normalized spacial score (nSPS) is 15.6. The lowest BCUT2D eigenvalue weighted by atomic mass is 10.1. The molecule has 1 aliphatic heterocycles. The van der Waals surface area contributed by atoms with E-state index in [4.69, 9.17) is 9.47 Å². The summed E-state index contributed by atoms with van der Waals surface area (Å²) in [5, 5.41) is 11.2. The molecule has 1 amide bonds. The zero-order valence-electron chi connectivity index (χ0n) is 16.6. The van der Waals surface area contributed by atoms with Crippen LogP contribution in [0.4, 0.5) is 0 Å². The molecule has 1 aliphatic rings. The molecule has 0 bridgehead atoms. The number of nitrogens with zero attached hydrogens (tertiary/aromatic N) is 3. The first-order chi connectivity index (χ1) is 14.2. The van der Waals surface area contributed by atoms with Crippen LogP contribution in [0.15, 0.2) is 48.5 Å². The smallest absolute Gasteiger partial charge is 0.274 e. The number of hydrogen-bond acceptors (Lipinski definition) is 5. The van der Waals surface area contributed by atoms with Crippen molar-refractivity contribution in [3.05, 3.63) is 76.6 Å². The van der Waals surface area contributed by atoms with Crippen LogP contribution >= 0.6 is 0 Å². The van der Waals surface area contributed by atoms with Crippen LogP contribution in [-0.2, 0) is 30.9 Å². The molecule has 0 fully saturated rings. The Balaban J connectivity index is 1.40. The fourth-order valence-corrected chi connectivity index (χ4v) is 3.37. The van der Waals surface area contributed by atoms with Crippen molar-refractivity contribution >= 4 is 5.91 Å². The molecule has 29 heavy (non-hydrogen) atoms. The lowest BCUT2D eigenvalue weighted by Gasteiger charge is -2.24. The number of carbonyl (C=O) groups is 1. The highest BCUT2D eigenvalue weighted by atomic mass is 16.5. The third-order valence-corrected chi connectivity index (χ3v) is 5.18. The molecule has 3 aromatic rings. The van der Waals surface area contributed by atoms with Gasteiger partial charge in [0.15, 0.2) is 5.69 Å². The highest BCUT2D eigenvalue weighted by molar-refractivity contribution is 5.93. The quantitative estimate of drug-likeness (QED) is 0.698. The fourth-order valence-electron chi connectivity index (χ4n) is 3.37. The molecular weight excluding hydrogens is 368 g/mol. The van der Waals surface area contributed by atoms with Gasteiger partial charge in [0.25, 0.3) is 5.91 Å². The van der Waals surface area contributed by atoms with Gasteiger partial charge in [-0.05, 0) is 35.2 Å². The van der Waals surface area contributed by atoms with Gasteiger partial charge in [0.1, 0.15) is 11.9 Å². The van der Waals surface area contributed by atoms with Crippen molar-refractivity contribution in [1.82, 2.24) is 20.3 Å². The molecule has 2 aromatic carbocycles. The van der Waals surface area contributed by atoms with E-state index in [-0.39, 0.29) is 18.6 Å². The molecular formula is C22H24N4O3. The maximum Gasteiger partial charge on any atom is 0.274 e. The van der Waals surface area contributed by atoms with Crippen molar-refractivity contribution < 1.29 is 14.3 Å². The van der Waals surface area contributed by atoms with E-state index in [1.54, 1.807) is 11.8 Å². The number of methoxy groups -OCH3 is 1. The highest BCUT2D eigenvalue weighted by Crippen LogP contribution is 2.28. The minimum Gasteiger partial charge on any atom is -0.497 e. The van der Waals surface area contributed by atoms with E-state index in [0.717, 1.165) is 23.3 Å². The van der Waals surface area contributed by atoms with Gasteiger partial charge in [0.05, 0.1) is 26.0 Å². The van der Waals surface area contributed by atoms with Crippen LogP contribution in [0.25, 0.3) is 0 Å². The van der Waals surface area contributed by atoms with Crippen LogP contribution < -0.4 is 10.1 Å². The Morgan fingerprint density at radius 1 is 1.17 bits per heavy atom. The van der Waals surface area contributed by atoms with Gasteiger partial charge >= 0.3 is 0 Å². The number of hydrogen-bond donors (Lipinski definition) is 1. The number of aromatic nitrogens is 3. The zero-order valence-corrected chi connectivity index (χ0v) is 16.6. The molecule has 7 heteroatoms. The summed E-state index contributed by atoms with van der Waals surface area (Å²) in [6.45, 7) is 3.37. The summed E-state index contributed by atoms with van der Waals surface area (Å²) in [4.78, 5) is 12.6. The number of rotatable bonds is 6. The van der Waals surface area contributed by atoms with Crippen LogP contribution in [0.5, 0.6) is 5.75 Å². The van der Waals surface area contributed by atoms with Gasteiger partial charge in [-0.2, -0.15) is 0 Å². The van der Waals surface area contributed by atoms with E-state index in [1.165, 1.54) is 5.56 Å². The predicted octanol–water partition coefficient (Wildman–Crippen LogP) is 3.05. The molecule has 0 spiro atoms. The number of amides is 1. The SMILES string of the molecule is CCc1ccc(CNC(=O)c2nnn3c2COC(c2ccc(OC)cc2)C3)cc1. The van der Waals surface area contributed by atoms with Crippen molar-refractivity contribution in [2.45, 2.75) is 39.1 Å². The first kappa shape index (κ1) is 19.1. The van der Waals surface area contributed by atoms with Gasteiger partial charge in [0.2, 0.25) is 0 Å². The largest absolute Gasteiger partial charge is 0.497 e. The fraction of sp³-hybridized carbons (Fsp3) is 0.318. The zero-order chi connectivity index (χ0) is 20.2. The van der Waals surface area contributed by atoms with E-state index in [2.05, 4.69) is 34.7 Å². The average Bonchev–Trinajstić information content (AvgIpc) is 3.21. The van der Waals surface area contributed by atoms with Crippen LogP contribution in [0.2, 0.25) is 0 Å². The number of benzene rings is 2. The summed E-state index contributed by atoms with van der Waals surface area (Å²) in [7, 11) is 1.64. The van der Waals surface area contributed by atoms with E-state index in [0.29, 0.717) is 24.5 Å². The summed E-state index contributed by atoms with van der Waals surface area (Å²) in [5.41, 5.74) is 4.38. The molecule has 7 nitrogen and oxygen atoms in total. The molecule has 1 aromatic heterocycles. The maximum atomic E-state index is 12.6. The second kappa shape index (κ2) is 8.45. The molecule has 1 N–H and O–H groups in total. The third kappa shape index (κ3) is 4.14. The Kier molecular flexibility index (Phi) is 5.57. The summed E-state index contributed by atoms with van der Waals surface area (Å²) < 4.78 is 12.9. The number of aryl methyl sites for hydroxylation is 1. The minimum atomic E-state index is -0.239. The van der Waals surface area contributed by atoms with E-state index in [1.807, 2.05) is 36.4 Å². The highest BCUT2D eigenvalue weighted by Gasteiger charge is 2.27. The van der Waals surface area contributed by atoms with Crippen molar-refractivity contribution in [2.75, 3.05) is 7.11 Å². The van der Waals surface area contributed by atoms with Gasteiger partial charge in [-0.15, -0.1) is 5.10 Å². The van der Waals surface area contributed by atoms with Crippen molar-refractivity contribution in [3.8, 4) is 5.75 Å². The molecule has 0 aliphatic carbocycles. The van der Waals surface area contributed by atoms with Crippen LogP contribution in [-0.4, -0.2) is 28.0 Å². The summed E-state index contributed by atoms with van der Waals surface area (Å²) >= 11 is 0. The first-order valence-corrected chi connectivity index (χ1v) is 9.72. The molecule has 1 atom stereocenters. The van der Waals surface area contributed by atoms with E-state index >= 15 is 0 Å². The standard InChI is InChI=1S/C22H24N4O3/c1-3-15-4-6-16(7-5-15)12-23-22(27)21-19-14-29-20(13-26(19)25-24-21)17-8-10-18(28-2)11-9-17/h4-11,20H,3,12-14H2,1-2H3,(H,23,27). The van der Waals surface area contributed by atoms with Crippen LogP contribution in [0.3, 0.4) is 0 Å². The number of ether oxygens (including phenoxy) is 2. The van der Waals surface area contributed by atoms with Gasteiger partial charge in [-0.3, -0.25) is 4.79 Å². The van der Waals surface area contributed by atoms with Gasteiger partial charge in [0, 0.05) is 6.54 Å². The summed E-state index contributed by atoms with van der Waals surface area (Å²) in [6.07, 6.45) is 0.861. The van der Waals surface area contributed by atoms with Gasteiger partial charge in [-0.1, -0.05) is 48.5 Å². The van der Waals surface area contributed by atoms with Crippen molar-refractivity contribution in [1.29, 1.82) is 0 Å². The van der Waals surface area contributed by atoms with Gasteiger partial charge in [-0.25, -0.2) is 4.68 Å². The van der Waals surface area contributed by atoms with Crippen LogP contribution in [0, 0.1) is 0 Å². The Labute approximate surface area is 169 Å². The third-order valence-electron chi connectivity index (χ3n) is 5.18. The second-order valence-electron chi connectivity index (χ2n) is 6.99. The number of fused-ring (bicyclic) bond motifs is 1. The molecule has 0 saturated carbocycles. The van der Waals surface area contributed by atoms with E-state index in [9.17, 15) is 4.79 Å². The Hall–Kier alpha value is -3.19. The lowest BCUT2D eigenvalue weighted by molar-refractivity contribution is -0.00179. The van der Waals surface area contributed by atoms with Crippen molar-refractivity contribution in [3.63, 3.8) is 0 Å². The minimum absolute atomic E-state index is 0.136. The first-order valence-electron chi connectivity index (χ1n) is 9.72.